The Kier molecular flexibility index (Phi) is 6.87. The largest absolute Gasteiger partial charge is 0.299 e. The zero-order valence-corrected chi connectivity index (χ0v) is 11.8. The second kappa shape index (κ2) is 6.72. The summed E-state index contributed by atoms with van der Waals surface area (Å²) in [6.45, 7) is 3.75. The number of carbonyl (C=O) groups excluding carboxylic acids is 2. The highest BCUT2D eigenvalue weighted by atomic mass is 79.9. The van der Waals surface area contributed by atoms with Crippen LogP contribution in [0.4, 0.5) is 0 Å². The molecule has 0 amide bonds. The van der Waals surface area contributed by atoms with Crippen molar-refractivity contribution in [3.8, 4) is 0 Å². The molecule has 0 aliphatic carbocycles. The quantitative estimate of drug-likeness (QED) is 0.532. The molecule has 0 fully saturated rings. The molecule has 0 aromatic rings. The predicted octanol–water partition coefficient (Wildman–Crippen LogP) is 3.11. The molecule has 0 heterocycles. The van der Waals surface area contributed by atoms with Crippen LogP contribution in [0, 0.1) is 5.41 Å². The zero-order chi connectivity index (χ0) is 11.2. The Hall–Kier alpha value is 0.300. The van der Waals surface area contributed by atoms with Gasteiger partial charge in [-0.1, -0.05) is 45.7 Å². The number of alkyl halides is 2. The van der Waals surface area contributed by atoms with E-state index in [1.807, 2.05) is 6.92 Å². The Labute approximate surface area is 102 Å². The number of Topliss-reactive ketones (excluding diaryl/α,β-unsaturated/α-hetero) is 2. The Morgan fingerprint density at radius 1 is 1.14 bits per heavy atom. The summed E-state index contributed by atoms with van der Waals surface area (Å²) in [6.07, 6.45) is 1.26. The van der Waals surface area contributed by atoms with E-state index in [4.69, 9.17) is 0 Å². The molecule has 4 heteroatoms. The number of halogens is 2. The van der Waals surface area contributed by atoms with Gasteiger partial charge in [0.05, 0.1) is 6.42 Å². The van der Waals surface area contributed by atoms with Crippen LogP contribution in [-0.4, -0.2) is 22.2 Å². The molecule has 82 valence electrons. The molecule has 0 saturated carbocycles. The fourth-order valence-corrected chi connectivity index (χ4v) is 3.41. The van der Waals surface area contributed by atoms with E-state index in [1.54, 1.807) is 6.92 Å². The first-order valence-electron chi connectivity index (χ1n) is 4.73. The van der Waals surface area contributed by atoms with E-state index in [1.165, 1.54) is 0 Å². The van der Waals surface area contributed by atoms with Gasteiger partial charge in [-0.15, -0.1) is 0 Å². The van der Waals surface area contributed by atoms with E-state index in [2.05, 4.69) is 31.9 Å². The summed E-state index contributed by atoms with van der Waals surface area (Å²) in [5, 5.41) is 1.22. The van der Waals surface area contributed by atoms with Gasteiger partial charge >= 0.3 is 0 Å². The van der Waals surface area contributed by atoms with Crippen LogP contribution in [0.3, 0.4) is 0 Å². The Balaban J connectivity index is 4.52. The Bertz CT molecular complexity index is 202. The van der Waals surface area contributed by atoms with Gasteiger partial charge in [-0.3, -0.25) is 9.59 Å². The van der Waals surface area contributed by atoms with E-state index >= 15 is 0 Å². The molecule has 0 aliphatic heterocycles. The molecular weight excluding hydrogens is 312 g/mol. The lowest BCUT2D eigenvalue weighted by atomic mass is 9.83. The molecule has 0 aromatic heterocycles. The SMILES string of the molecule is CCC(=O)CC(=O)C(CC)(CBr)CBr. The standard InChI is InChI=1S/C10H16Br2O2/c1-3-8(13)5-9(14)10(4-2,6-11)7-12/h3-7H2,1-2H3. The maximum Gasteiger partial charge on any atom is 0.148 e. The molecule has 0 bridgehead atoms. The number of hydrogen-bond acceptors (Lipinski definition) is 2. The average molecular weight is 328 g/mol. The molecule has 0 unspecified atom stereocenters. The summed E-state index contributed by atoms with van der Waals surface area (Å²) in [5.41, 5.74) is -0.412. The van der Waals surface area contributed by atoms with E-state index in [0.717, 1.165) is 6.42 Å². The van der Waals surface area contributed by atoms with Gasteiger partial charge in [0.15, 0.2) is 0 Å². The molecule has 2 nitrogen and oxygen atoms in total. The van der Waals surface area contributed by atoms with Crippen molar-refractivity contribution >= 4 is 43.4 Å². The Morgan fingerprint density at radius 2 is 1.64 bits per heavy atom. The summed E-state index contributed by atoms with van der Waals surface area (Å²) in [6, 6.07) is 0. The fraction of sp³-hybridized carbons (Fsp3) is 0.800. The molecule has 14 heavy (non-hydrogen) atoms. The molecule has 0 N–H and O–H groups in total. The van der Waals surface area contributed by atoms with Crippen LogP contribution >= 0.6 is 31.9 Å². The monoisotopic (exact) mass is 326 g/mol. The molecule has 0 radical (unpaired) electrons. The van der Waals surface area contributed by atoms with Crippen molar-refractivity contribution in [3.63, 3.8) is 0 Å². The number of rotatable bonds is 7. The van der Waals surface area contributed by atoms with Gasteiger partial charge in [0.25, 0.3) is 0 Å². The molecule has 0 aromatic carbocycles. The van der Waals surface area contributed by atoms with Crippen LogP contribution in [0.25, 0.3) is 0 Å². The lowest BCUT2D eigenvalue weighted by Gasteiger charge is -2.26. The van der Waals surface area contributed by atoms with E-state index < -0.39 is 5.41 Å². The minimum atomic E-state index is -0.412. The molecule has 0 atom stereocenters. The summed E-state index contributed by atoms with van der Waals surface area (Å²) in [7, 11) is 0. The van der Waals surface area contributed by atoms with Crippen LogP contribution < -0.4 is 0 Å². The van der Waals surface area contributed by atoms with Gasteiger partial charge in [0.1, 0.15) is 11.6 Å². The van der Waals surface area contributed by atoms with Crippen LogP contribution in [0.15, 0.2) is 0 Å². The number of ketones is 2. The lowest BCUT2D eigenvalue weighted by molar-refractivity contribution is -0.131. The minimum absolute atomic E-state index is 0.0229. The first-order chi connectivity index (χ1) is 6.56. The van der Waals surface area contributed by atoms with Gasteiger partial charge in [0, 0.05) is 22.5 Å². The van der Waals surface area contributed by atoms with Gasteiger partial charge < -0.3 is 0 Å². The predicted molar refractivity (Wildman–Crippen MR) is 65.2 cm³/mol. The van der Waals surface area contributed by atoms with Crippen molar-refractivity contribution in [2.75, 3.05) is 10.7 Å². The second-order valence-electron chi connectivity index (χ2n) is 3.39. The number of hydrogen-bond donors (Lipinski definition) is 0. The van der Waals surface area contributed by atoms with Crippen molar-refractivity contribution in [3.05, 3.63) is 0 Å². The third-order valence-corrected chi connectivity index (χ3v) is 4.68. The van der Waals surface area contributed by atoms with E-state index in [0.29, 0.717) is 17.1 Å². The van der Waals surface area contributed by atoms with Crippen molar-refractivity contribution in [2.45, 2.75) is 33.1 Å². The normalized spacial score (nSPS) is 11.4. The van der Waals surface area contributed by atoms with E-state index in [-0.39, 0.29) is 18.0 Å². The zero-order valence-electron chi connectivity index (χ0n) is 8.61. The molecule has 0 saturated heterocycles. The van der Waals surface area contributed by atoms with Crippen molar-refractivity contribution < 1.29 is 9.59 Å². The third-order valence-electron chi connectivity index (χ3n) is 2.53. The number of carbonyl (C=O) groups is 2. The maximum atomic E-state index is 11.8. The first kappa shape index (κ1) is 14.3. The smallest absolute Gasteiger partial charge is 0.148 e. The second-order valence-corrected chi connectivity index (χ2v) is 4.51. The van der Waals surface area contributed by atoms with Crippen LogP contribution in [-0.2, 0) is 9.59 Å². The highest BCUT2D eigenvalue weighted by molar-refractivity contribution is 9.09. The summed E-state index contributed by atoms with van der Waals surface area (Å²) in [4.78, 5) is 23.0. The summed E-state index contributed by atoms with van der Waals surface area (Å²) in [5.74, 6) is 0.0651. The average Bonchev–Trinajstić information content (AvgIpc) is 2.21. The van der Waals surface area contributed by atoms with Crippen LogP contribution in [0.1, 0.15) is 33.1 Å². The van der Waals surface area contributed by atoms with Crippen molar-refractivity contribution in [1.82, 2.24) is 0 Å². The van der Waals surface area contributed by atoms with Crippen molar-refractivity contribution in [1.29, 1.82) is 0 Å². The topological polar surface area (TPSA) is 34.1 Å². The maximum absolute atomic E-state index is 11.8. The highest BCUT2D eigenvalue weighted by Gasteiger charge is 2.34. The molecular formula is C10H16Br2O2. The summed E-state index contributed by atoms with van der Waals surface area (Å²) >= 11 is 6.69. The van der Waals surface area contributed by atoms with Crippen LogP contribution in [0.5, 0.6) is 0 Å². The fourth-order valence-electron chi connectivity index (χ4n) is 1.06. The molecule has 0 aliphatic rings. The van der Waals surface area contributed by atoms with Gasteiger partial charge in [-0.2, -0.15) is 0 Å². The van der Waals surface area contributed by atoms with Gasteiger partial charge in [-0.05, 0) is 6.42 Å². The molecule has 0 spiro atoms. The third kappa shape index (κ3) is 3.46. The van der Waals surface area contributed by atoms with Crippen molar-refractivity contribution in [2.24, 2.45) is 5.41 Å². The lowest BCUT2D eigenvalue weighted by Crippen LogP contribution is -2.35. The van der Waals surface area contributed by atoms with Crippen LogP contribution in [0.2, 0.25) is 0 Å². The highest BCUT2D eigenvalue weighted by Crippen LogP contribution is 2.29. The first-order valence-corrected chi connectivity index (χ1v) is 6.97. The Morgan fingerprint density at radius 3 is 1.93 bits per heavy atom. The minimum Gasteiger partial charge on any atom is -0.299 e. The summed E-state index contributed by atoms with van der Waals surface area (Å²) < 4.78 is 0. The van der Waals surface area contributed by atoms with Gasteiger partial charge in [0.2, 0.25) is 0 Å². The van der Waals surface area contributed by atoms with E-state index in [9.17, 15) is 9.59 Å². The molecule has 0 rings (SSSR count). The van der Waals surface area contributed by atoms with Gasteiger partial charge in [-0.25, -0.2) is 0 Å².